The number of carboxylic acids is 1. The van der Waals surface area contributed by atoms with Crippen molar-refractivity contribution in [1.29, 1.82) is 0 Å². The number of anilines is 1. The summed E-state index contributed by atoms with van der Waals surface area (Å²) in [7, 11) is 0. The molecule has 6 nitrogen and oxygen atoms in total. The molecule has 3 rings (SSSR count). The van der Waals surface area contributed by atoms with E-state index in [-0.39, 0.29) is 18.9 Å². The van der Waals surface area contributed by atoms with E-state index >= 15 is 0 Å². The molecule has 2 aromatic rings. The largest absolute Gasteiger partial charge is 0.481 e. The molecule has 114 valence electrons. The van der Waals surface area contributed by atoms with Crippen LogP contribution in [-0.4, -0.2) is 28.7 Å². The first kappa shape index (κ1) is 14.3. The molecule has 2 heterocycles. The molecule has 0 spiro atoms. The van der Waals surface area contributed by atoms with E-state index < -0.39 is 11.9 Å². The number of hydrogen-bond acceptors (Lipinski definition) is 4. The maximum Gasteiger partial charge on any atom is 0.308 e. The number of carbonyl (C=O) groups is 2. The Hall–Kier alpha value is -2.63. The van der Waals surface area contributed by atoms with Gasteiger partial charge < -0.3 is 14.5 Å². The van der Waals surface area contributed by atoms with Crippen LogP contribution < -0.4 is 4.90 Å². The van der Waals surface area contributed by atoms with E-state index in [4.69, 9.17) is 9.63 Å². The number of aryl methyl sites for hydroxylation is 2. The second-order valence-corrected chi connectivity index (χ2v) is 5.49. The van der Waals surface area contributed by atoms with Crippen molar-refractivity contribution in [2.24, 2.45) is 5.92 Å². The lowest BCUT2D eigenvalue weighted by Crippen LogP contribution is -2.25. The minimum atomic E-state index is -0.933. The first-order valence-corrected chi connectivity index (χ1v) is 7.04. The van der Waals surface area contributed by atoms with Crippen LogP contribution in [0.3, 0.4) is 0 Å². The summed E-state index contributed by atoms with van der Waals surface area (Å²) in [6.45, 7) is 3.91. The molecule has 1 aliphatic rings. The van der Waals surface area contributed by atoms with Gasteiger partial charge in [-0.3, -0.25) is 9.59 Å². The van der Waals surface area contributed by atoms with Gasteiger partial charge in [0.1, 0.15) is 5.76 Å². The molecule has 1 unspecified atom stereocenters. The van der Waals surface area contributed by atoms with Crippen molar-refractivity contribution >= 4 is 17.6 Å². The number of carboxylic acid groups (broad SMARTS) is 1. The molecule has 0 radical (unpaired) electrons. The van der Waals surface area contributed by atoms with Crippen molar-refractivity contribution in [3.8, 4) is 11.1 Å². The molecule has 1 saturated heterocycles. The molecule has 1 N–H and O–H groups in total. The number of aliphatic carboxylic acids is 1. The summed E-state index contributed by atoms with van der Waals surface area (Å²) < 4.78 is 5.18. The van der Waals surface area contributed by atoms with E-state index in [1.54, 1.807) is 0 Å². The lowest BCUT2D eigenvalue weighted by atomic mass is 10.0. The van der Waals surface area contributed by atoms with Gasteiger partial charge in [-0.1, -0.05) is 17.3 Å². The van der Waals surface area contributed by atoms with Gasteiger partial charge in [0.15, 0.2) is 0 Å². The smallest absolute Gasteiger partial charge is 0.308 e. The third-order valence-electron chi connectivity index (χ3n) is 3.95. The third kappa shape index (κ3) is 2.36. The number of carbonyl (C=O) groups excluding carboxylic acids is 1. The molecule has 1 aliphatic heterocycles. The fraction of sp³-hybridized carbons (Fsp3) is 0.312. The molecular weight excluding hydrogens is 284 g/mol. The molecule has 1 atom stereocenters. The Kier molecular flexibility index (Phi) is 3.44. The fourth-order valence-electron chi connectivity index (χ4n) is 2.85. The monoisotopic (exact) mass is 300 g/mol. The molecule has 1 fully saturated rings. The standard InChI is InChI=1S/C16H16N2O4/c1-9-15(10(2)22-17-9)11-4-3-5-13(6-11)18-8-12(16(20)21)7-14(18)19/h3-6,12H,7-8H2,1-2H3,(H,20,21). The van der Waals surface area contributed by atoms with Gasteiger partial charge in [-0.15, -0.1) is 0 Å². The van der Waals surface area contributed by atoms with Crippen LogP contribution in [0.25, 0.3) is 11.1 Å². The first-order valence-electron chi connectivity index (χ1n) is 7.04. The van der Waals surface area contributed by atoms with Gasteiger partial charge in [0.2, 0.25) is 5.91 Å². The Balaban J connectivity index is 1.96. The zero-order valence-electron chi connectivity index (χ0n) is 12.4. The second-order valence-electron chi connectivity index (χ2n) is 5.49. The highest BCUT2D eigenvalue weighted by Gasteiger charge is 2.35. The van der Waals surface area contributed by atoms with Crippen molar-refractivity contribution in [3.63, 3.8) is 0 Å². The van der Waals surface area contributed by atoms with Crippen molar-refractivity contribution in [1.82, 2.24) is 5.16 Å². The van der Waals surface area contributed by atoms with E-state index in [1.807, 2.05) is 38.1 Å². The summed E-state index contributed by atoms with van der Waals surface area (Å²) in [5.74, 6) is -1.03. The minimum Gasteiger partial charge on any atom is -0.481 e. The van der Waals surface area contributed by atoms with E-state index in [9.17, 15) is 9.59 Å². The number of rotatable bonds is 3. The van der Waals surface area contributed by atoms with Crippen LogP contribution in [0.5, 0.6) is 0 Å². The quantitative estimate of drug-likeness (QED) is 0.941. The number of benzene rings is 1. The SMILES string of the molecule is Cc1noc(C)c1-c1cccc(N2CC(C(=O)O)CC2=O)c1. The Morgan fingerprint density at radius 3 is 2.77 bits per heavy atom. The summed E-state index contributed by atoms with van der Waals surface area (Å²) in [6.07, 6.45) is 0.0465. The zero-order chi connectivity index (χ0) is 15.9. The van der Waals surface area contributed by atoms with Crippen LogP contribution >= 0.6 is 0 Å². The second kappa shape index (κ2) is 5.29. The average molecular weight is 300 g/mol. The van der Waals surface area contributed by atoms with Gasteiger partial charge in [-0.05, 0) is 31.5 Å². The van der Waals surface area contributed by atoms with Crippen LogP contribution in [0, 0.1) is 19.8 Å². The van der Waals surface area contributed by atoms with Gasteiger partial charge in [0.05, 0.1) is 11.6 Å². The van der Waals surface area contributed by atoms with Gasteiger partial charge in [0, 0.05) is 24.2 Å². The fourth-order valence-corrected chi connectivity index (χ4v) is 2.85. The van der Waals surface area contributed by atoms with Crippen molar-refractivity contribution in [2.75, 3.05) is 11.4 Å². The molecule has 0 bridgehead atoms. The van der Waals surface area contributed by atoms with Crippen molar-refractivity contribution < 1.29 is 19.2 Å². The van der Waals surface area contributed by atoms with Gasteiger partial charge in [0.25, 0.3) is 0 Å². The normalized spacial score (nSPS) is 18.0. The molecule has 0 aliphatic carbocycles. The number of hydrogen-bond donors (Lipinski definition) is 1. The van der Waals surface area contributed by atoms with Gasteiger partial charge in [-0.2, -0.15) is 0 Å². The van der Waals surface area contributed by atoms with Crippen molar-refractivity contribution in [3.05, 3.63) is 35.7 Å². The van der Waals surface area contributed by atoms with Crippen LogP contribution in [0.4, 0.5) is 5.69 Å². The highest BCUT2D eigenvalue weighted by Crippen LogP contribution is 2.32. The highest BCUT2D eigenvalue weighted by molar-refractivity contribution is 5.99. The number of amides is 1. The van der Waals surface area contributed by atoms with E-state index in [1.165, 1.54) is 4.90 Å². The van der Waals surface area contributed by atoms with Crippen LogP contribution in [0.2, 0.25) is 0 Å². The van der Waals surface area contributed by atoms with E-state index in [2.05, 4.69) is 5.16 Å². The predicted octanol–water partition coefficient (Wildman–Crippen LogP) is 2.40. The summed E-state index contributed by atoms with van der Waals surface area (Å²) in [5.41, 5.74) is 3.29. The van der Waals surface area contributed by atoms with E-state index in [0.29, 0.717) is 11.4 Å². The summed E-state index contributed by atoms with van der Waals surface area (Å²) in [6, 6.07) is 7.45. The number of nitrogens with zero attached hydrogens (tertiary/aromatic N) is 2. The Morgan fingerprint density at radius 1 is 1.41 bits per heavy atom. The Bertz CT molecular complexity index is 731. The molecule has 6 heteroatoms. The lowest BCUT2D eigenvalue weighted by Gasteiger charge is -2.17. The maximum atomic E-state index is 12.1. The highest BCUT2D eigenvalue weighted by atomic mass is 16.5. The topological polar surface area (TPSA) is 83.6 Å². The molecular formula is C16H16N2O4. The molecule has 1 amide bonds. The molecule has 0 saturated carbocycles. The molecule has 22 heavy (non-hydrogen) atoms. The van der Waals surface area contributed by atoms with Crippen molar-refractivity contribution in [2.45, 2.75) is 20.3 Å². The third-order valence-corrected chi connectivity index (χ3v) is 3.95. The summed E-state index contributed by atoms with van der Waals surface area (Å²) in [4.78, 5) is 24.6. The lowest BCUT2D eigenvalue weighted by molar-refractivity contribution is -0.141. The summed E-state index contributed by atoms with van der Waals surface area (Å²) in [5, 5.41) is 13.0. The van der Waals surface area contributed by atoms with Gasteiger partial charge in [-0.25, -0.2) is 0 Å². The average Bonchev–Trinajstić information content (AvgIpc) is 3.02. The number of aromatic nitrogens is 1. The molecule has 1 aromatic carbocycles. The first-order chi connectivity index (χ1) is 10.5. The maximum absolute atomic E-state index is 12.1. The van der Waals surface area contributed by atoms with Gasteiger partial charge >= 0.3 is 5.97 Å². The van der Waals surface area contributed by atoms with E-state index in [0.717, 1.165) is 16.8 Å². The zero-order valence-corrected chi connectivity index (χ0v) is 12.4. The summed E-state index contributed by atoms with van der Waals surface area (Å²) >= 11 is 0. The molecule has 1 aromatic heterocycles. The van der Waals surface area contributed by atoms with Crippen LogP contribution in [0.1, 0.15) is 17.9 Å². The minimum absolute atomic E-state index is 0.0465. The predicted molar refractivity (Wildman–Crippen MR) is 79.5 cm³/mol. The Labute approximate surface area is 127 Å². The van der Waals surface area contributed by atoms with Crippen LogP contribution in [0.15, 0.2) is 28.8 Å². The Morgan fingerprint density at radius 2 is 2.18 bits per heavy atom. The van der Waals surface area contributed by atoms with Crippen LogP contribution in [-0.2, 0) is 9.59 Å².